The second-order valence-electron chi connectivity index (χ2n) is 4.66. The number of rotatable bonds is 7. The number of aliphatic hydroxyl groups is 1. The first-order valence-corrected chi connectivity index (χ1v) is 6.67. The monoisotopic (exact) mass is 265 g/mol. The second kappa shape index (κ2) is 7.79. The van der Waals surface area contributed by atoms with Crippen molar-refractivity contribution in [1.29, 1.82) is 0 Å². The van der Waals surface area contributed by atoms with Crippen molar-refractivity contribution in [3.63, 3.8) is 0 Å². The van der Waals surface area contributed by atoms with Gasteiger partial charge in [-0.05, 0) is 31.9 Å². The summed E-state index contributed by atoms with van der Waals surface area (Å²) in [7, 11) is 1.71. The van der Waals surface area contributed by atoms with Crippen molar-refractivity contribution in [2.75, 3.05) is 20.2 Å². The van der Waals surface area contributed by atoms with Crippen LogP contribution in [0, 0.1) is 0 Å². The van der Waals surface area contributed by atoms with E-state index in [2.05, 4.69) is 0 Å². The molecule has 0 fully saturated rings. The maximum atomic E-state index is 11.9. The first-order chi connectivity index (χ1) is 9.04. The molecule has 1 atom stereocenters. The molecule has 0 aliphatic carbocycles. The lowest BCUT2D eigenvalue weighted by molar-refractivity contribution is -0.131. The maximum absolute atomic E-state index is 11.9. The lowest BCUT2D eigenvalue weighted by Crippen LogP contribution is -2.33. The molecular weight excluding hydrogens is 242 g/mol. The highest BCUT2D eigenvalue weighted by Gasteiger charge is 2.12. The van der Waals surface area contributed by atoms with Gasteiger partial charge in [0.2, 0.25) is 5.91 Å². The van der Waals surface area contributed by atoms with Crippen molar-refractivity contribution >= 4 is 5.91 Å². The van der Waals surface area contributed by atoms with Gasteiger partial charge in [0.15, 0.2) is 0 Å². The van der Waals surface area contributed by atoms with E-state index in [9.17, 15) is 9.90 Å². The maximum Gasteiger partial charge on any atom is 0.222 e. The van der Waals surface area contributed by atoms with Crippen LogP contribution in [0.25, 0.3) is 0 Å². The number of hydrogen-bond donors (Lipinski definition) is 1. The zero-order valence-electron chi connectivity index (χ0n) is 11.9. The van der Waals surface area contributed by atoms with Gasteiger partial charge >= 0.3 is 0 Å². The van der Waals surface area contributed by atoms with E-state index in [0.29, 0.717) is 26.0 Å². The van der Waals surface area contributed by atoms with E-state index in [4.69, 9.17) is 4.74 Å². The number of para-hydroxylation sites is 1. The Morgan fingerprint density at radius 2 is 2.11 bits per heavy atom. The molecule has 19 heavy (non-hydrogen) atoms. The molecule has 0 aliphatic heterocycles. The van der Waals surface area contributed by atoms with Crippen molar-refractivity contribution in [2.24, 2.45) is 0 Å². The smallest absolute Gasteiger partial charge is 0.222 e. The number of benzene rings is 1. The third-order valence-electron chi connectivity index (χ3n) is 2.84. The van der Waals surface area contributed by atoms with Crippen molar-refractivity contribution in [3.8, 4) is 5.75 Å². The van der Waals surface area contributed by atoms with Crippen molar-refractivity contribution < 1.29 is 14.6 Å². The van der Waals surface area contributed by atoms with Gasteiger partial charge in [-0.15, -0.1) is 0 Å². The molecule has 1 amide bonds. The fourth-order valence-electron chi connectivity index (χ4n) is 1.94. The second-order valence-corrected chi connectivity index (χ2v) is 4.66. The number of amides is 1. The van der Waals surface area contributed by atoms with Gasteiger partial charge in [0.25, 0.3) is 0 Å². The van der Waals surface area contributed by atoms with E-state index in [1.807, 2.05) is 31.2 Å². The lowest BCUT2D eigenvalue weighted by atomic mass is 10.1. The van der Waals surface area contributed by atoms with Crippen LogP contribution in [0.1, 0.15) is 25.8 Å². The molecule has 1 aromatic carbocycles. The summed E-state index contributed by atoms with van der Waals surface area (Å²) in [6.45, 7) is 4.60. The minimum atomic E-state index is -0.496. The van der Waals surface area contributed by atoms with Gasteiger partial charge in [0, 0.05) is 20.0 Å². The van der Waals surface area contributed by atoms with E-state index in [-0.39, 0.29) is 5.91 Å². The zero-order chi connectivity index (χ0) is 14.3. The van der Waals surface area contributed by atoms with Crippen molar-refractivity contribution in [2.45, 2.75) is 32.8 Å². The van der Waals surface area contributed by atoms with Gasteiger partial charge in [-0.3, -0.25) is 4.79 Å². The first kappa shape index (κ1) is 15.5. The molecule has 0 saturated heterocycles. The first-order valence-electron chi connectivity index (χ1n) is 6.67. The van der Waals surface area contributed by atoms with E-state index in [1.54, 1.807) is 18.9 Å². The largest absolute Gasteiger partial charge is 0.494 e. The summed E-state index contributed by atoms with van der Waals surface area (Å²) in [6.07, 6.45) is 0.580. The molecule has 0 spiro atoms. The van der Waals surface area contributed by atoms with Crippen LogP contribution in [0.3, 0.4) is 0 Å². The summed E-state index contributed by atoms with van der Waals surface area (Å²) in [6, 6.07) is 7.77. The van der Waals surface area contributed by atoms with Gasteiger partial charge in [-0.1, -0.05) is 18.2 Å². The summed E-state index contributed by atoms with van der Waals surface area (Å²) in [5.41, 5.74) is 1.04. The highest BCUT2D eigenvalue weighted by molar-refractivity contribution is 5.76. The van der Waals surface area contributed by atoms with Crippen LogP contribution in [-0.2, 0) is 11.2 Å². The predicted octanol–water partition coefficient (Wildman–Crippen LogP) is 1.86. The predicted molar refractivity (Wildman–Crippen MR) is 75.2 cm³/mol. The number of aliphatic hydroxyl groups excluding tert-OH is 1. The standard InChI is InChI=1S/C15H23NO3/c1-4-19-14-8-6-5-7-13(14)9-10-15(18)16(3)11-12(2)17/h5-8,12,17H,4,9-11H2,1-3H3. The van der Waals surface area contributed by atoms with Crippen molar-refractivity contribution in [3.05, 3.63) is 29.8 Å². The normalized spacial score (nSPS) is 12.0. The zero-order valence-corrected chi connectivity index (χ0v) is 11.9. The van der Waals surface area contributed by atoms with Gasteiger partial charge in [0.1, 0.15) is 5.75 Å². The molecule has 4 heteroatoms. The molecule has 4 nitrogen and oxygen atoms in total. The average Bonchev–Trinajstić information content (AvgIpc) is 2.37. The van der Waals surface area contributed by atoms with Crippen LogP contribution in [0.5, 0.6) is 5.75 Å². The molecular formula is C15H23NO3. The van der Waals surface area contributed by atoms with Crippen LogP contribution in [0.4, 0.5) is 0 Å². The number of carbonyl (C=O) groups excluding carboxylic acids is 1. The van der Waals surface area contributed by atoms with E-state index in [1.165, 1.54) is 0 Å². The Morgan fingerprint density at radius 1 is 1.42 bits per heavy atom. The fraction of sp³-hybridized carbons (Fsp3) is 0.533. The molecule has 1 unspecified atom stereocenters. The number of nitrogens with zero attached hydrogens (tertiary/aromatic N) is 1. The number of carbonyl (C=O) groups is 1. The minimum absolute atomic E-state index is 0.0344. The molecule has 0 heterocycles. The Morgan fingerprint density at radius 3 is 2.74 bits per heavy atom. The van der Waals surface area contributed by atoms with Crippen LogP contribution < -0.4 is 4.74 Å². The molecule has 1 N–H and O–H groups in total. The summed E-state index contributed by atoms with van der Waals surface area (Å²) >= 11 is 0. The van der Waals surface area contributed by atoms with E-state index >= 15 is 0 Å². The third-order valence-corrected chi connectivity index (χ3v) is 2.84. The molecule has 0 saturated carbocycles. The molecule has 1 rings (SSSR count). The molecule has 0 aromatic heterocycles. The van der Waals surface area contributed by atoms with Crippen LogP contribution in [0.15, 0.2) is 24.3 Å². The molecule has 106 valence electrons. The molecule has 0 aliphatic rings. The van der Waals surface area contributed by atoms with E-state index in [0.717, 1.165) is 11.3 Å². The number of ether oxygens (including phenoxy) is 1. The van der Waals surface area contributed by atoms with E-state index < -0.39 is 6.10 Å². The van der Waals surface area contributed by atoms with Gasteiger partial charge in [-0.25, -0.2) is 0 Å². The Bertz CT molecular complexity index is 404. The summed E-state index contributed by atoms with van der Waals surface area (Å²) in [4.78, 5) is 13.5. The highest BCUT2D eigenvalue weighted by Crippen LogP contribution is 2.19. The lowest BCUT2D eigenvalue weighted by Gasteiger charge is -2.19. The number of likely N-dealkylation sites (N-methyl/N-ethyl adjacent to an activating group) is 1. The van der Waals surface area contributed by atoms with Crippen LogP contribution in [0.2, 0.25) is 0 Å². The topological polar surface area (TPSA) is 49.8 Å². The number of hydrogen-bond acceptors (Lipinski definition) is 3. The quantitative estimate of drug-likeness (QED) is 0.818. The van der Waals surface area contributed by atoms with Crippen molar-refractivity contribution in [1.82, 2.24) is 4.90 Å². The van der Waals surface area contributed by atoms with Crippen LogP contribution >= 0.6 is 0 Å². The Balaban J connectivity index is 2.54. The average molecular weight is 265 g/mol. The minimum Gasteiger partial charge on any atom is -0.494 e. The summed E-state index contributed by atoms with van der Waals surface area (Å²) in [5, 5.41) is 9.26. The summed E-state index contributed by atoms with van der Waals surface area (Å²) < 4.78 is 5.53. The highest BCUT2D eigenvalue weighted by atomic mass is 16.5. The Kier molecular flexibility index (Phi) is 6.36. The fourth-order valence-corrected chi connectivity index (χ4v) is 1.94. The van der Waals surface area contributed by atoms with Crippen LogP contribution in [-0.4, -0.2) is 42.2 Å². The van der Waals surface area contributed by atoms with Gasteiger partial charge < -0.3 is 14.7 Å². The molecule has 0 bridgehead atoms. The number of aryl methyl sites for hydroxylation is 1. The SMILES string of the molecule is CCOc1ccccc1CCC(=O)N(C)CC(C)O. The Hall–Kier alpha value is -1.55. The summed E-state index contributed by atoms with van der Waals surface area (Å²) in [5.74, 6) is 0.878. The Labute approximate surface area is 115 Å². The molecule has 0 radical (unpaired) electrons. The van der Waals surface area contributed by atoms with Gasteiger partial charge in [-0.2, -0.15) is 0 Å². The molecule has 1 aromatic rings. The third kappa shape index (κ3) is 5.30. The van der Waals surface area contributed by atoms with Gasteiger partial charge in [0.05, 0.1) is 12.7 Å².